The Kier molecular flexibility index (Phi) is 2.36. The average molecular weight is 175 g/mol. The van der Waals surface area contributed by atoms with Crippen LogP contribution in [0.25, 0.3) is 0 Å². The van der Waals surface area contributed by atoms with Crippen LogP contribution in [0.3, 0.4) is 0 Å². The van der Waals surface area contributed by atoms with E-state index < -0.39 is 0 Å². The number of rotatable bonds is 0. The van der Waals surface area contributed by atoms with Crippen molar-refractivity contribution >= 4 is 0 Å². The quantitative estimate of drug-likeness (QED) is 0.638. The Morgan fingerprint density at radius 3 is 3.00 bits per heavy atom. The Labute approximate surface area is 80.2 Å². The number of nitrogens with one attached hydrogen (secondary N) is 1. The molecular weight excluding hydrogens is 158 g/mol. The average Bonchev–Trinajstić information content (AvgIpc) is 2.25. The Morgan fingerprint density at radius 2 is 2.15 bits per heavy atom. The molecule has 1 aromatic rings. The summed E-state index contributed by atoms with van der Waals surface area (Å²) in [5.74, 6) is 0.768. The van der Waals surface area contributed by atoms with Gasteiger partial charge >= 0.3 is 0 Å². The zero-order valence-corrected chi connectivity index (χ0v) is 8.43. The number of aryl methyl sites for hydroxylation is 1. The van der Waals surface area contributed by atoms with E-state index in [-0.39, 0.29) is 0 Å². The van der Waals surface area contributed by atoms with Gasteiger partial charge in [-0.15, -0.1) is 0 Å². The van der Waals surface area contributed by atoms with E-state index in [2.05, 4.69) is 37.4 Å². The summed E-state index contributed by atoms with van der Waals surface area (Å²) < 4.78 is 0. The molecule has 0 saturated carbocycles. The number of benzene rings is 1. The van der Waals surface area contributed by atoms with Gasteiger partial charge < -0.3 is 5.32 Å². The molecule has 2 rings (SSSR count). The number of hydrogen-bond donors (Lipinski definition) is 1. The minimum atomic E-state index is 0.768. The van der Waals surface area contributed by atoms with Gasteiger partial charge in [-0.25, -0.2) is 0 Å². The van der Waals surface area contributed by atoms with Crippen LogP contribution in [0.15, 0.2) is 18.2 Å². The van der Waals surface area contributed by atoms with Crippen molar-refractivity contribution in [2.24, 2.45) is 5.92 Å². The van der Waals surface area contributed by atoms with Gasteiger partial charge in [0.2, 0.25) is 0 Å². The summed E-state index contributed by atoms with van der Waals surface area (Å²) in [5.41, 5.74) is 4.39. The molecule has 1 heteroatoms. The highest BCUT2D eigenvalue weighted by Gasteiger charge is 2.11. The first-order valence-corrected chi connectivity index (χ1v) is 5.05. The molecule has 0 fully saturated rings. The van der Waals surface area contributed by atoms with Crippen LogP contribution in [0.2, 0.25) is 0 Å². The van der Waals surface area contributed by atoms with Gasteiger partial charge in [-0.2, -0.15) is 0 Å². The molecule has 0 spiro atoms. The minimum Gasteiger partial charge on any atom is -0.312 e. The maximum absolute atomic E-state index is 3.48. The van der Waals surface area contributed by atoms with E-state index in [4.69, 9.17) is 0 Å². The summed E-state index contributed by atoms with van der Waals surface area (Å²) in [6.45, 7) is 6.66. The van der Waals surface area contributed by atoms with Crippen LogP contribution in [0.1, 0.15) is 23.6 Å². The number of hydrogen-bond acceptors (Lipinski definition) is 1. The zero-order valence-electron chi connectivity index (χ0n) is 8.43. The van der Waals surface area contributed by atoms with Crippen LogP contribution in [-0.4, -0.2) is 6.54 Å². The lowest BCUT2D eigenvalue weighted by Crippen LogP contribution is -2.17. The first-order chi connectivity index (χ1) is 6.25. The SMILES string of the molecule is Cc1ccc2c(c1)CNCC(C)C2. The summed E-state index contributed by atoms with van der Waals surface area (Å²) in [6.07, 6.45) is 1.22. The second kappa shape index (κ2) is 3.51. The van der Waals surface area contributed by atoms with Crippen molar-refractivity contribution < 1.29 is 0 Å². The van der Waals surface area contributed by atoms with E-state index in [1.54, 1.807) is 0 Å². The molecule has 1 N–H and O–H groups in total. The molecule has 0 bridgehead atoms. The normalized spacial score (nSPS) is 22.2. The molecule has 0 aliphatic carbocycles. The van der Waals surface area contributed by atoms with Crippen LogP contribution in [0, 0.1) is 12.8 Å². The molecule has 1 aromatic carbocycles. The molecule has 1 unspecified atom stereocenters. The number of fused-ring (bicyclic) bond motifs is 1. The van der Waals surface area contributed by atoms with Gasteiger partial charge in [0.1, 0.15) is 0 Å². The second-order valence-corrected chi connectivity index (χ2v) is 4.21. The Bertz CT molecular complexity index is 304. The summed E-state index contributed by atoms with van der Waals surface area (Å²) in [4.78, 5) is 0. The van der Waals surface area contributed by atoms with Gasteiger partial charge in [0.25, 0.3) is 0 Å². The van der Waals surface area contributed by atoms with E-state index in [1.165, 1.54) is 23.1 Å². The molecule has 1 nitrogen and oxygen atoms in total. The minimum absolute atomic E-state index is 0.768. The topological polar surface area (TPSA) is 12.0 Å². The van der Waals surface area contributed by atoms with Crippen molar-refractivity contribution in [1.29, 1.82) is 0 Å². The lowest BCUT2D eigenvalue weighted by molar-refractivity contribution is 0.533. The van der Waals surface area contributed by atoms with E-state index in [1.807, 2.05) is 0 Å². The monoisotopic (exact) mass is 175 g/mol. The Hall–Kier alpha value is -0.820. The summed E-state index contributed by atoms with van der Waals surface area (Å²) in [6, 6.07) is 6.81. The maximum atomic E-state index is 3.48. The Balaban J connectivity index is 2.34. The van der Waals surface area contributed by atoms with Gasteiger partial charge in [0.05, 0.1) is 0 Å². The summed E-state index contributed by atoms with van der Waals surface area (Å²) in [5, 5.41) is 3.48. The van der Waals surface area contributed by atoms with Crippen LogP contribution in [0.5, 0.6) is 0 Å². The van der Waals surface area contributed by atoms with E-state index in [0.717, 1.165) is 19.0 Å². The van der Waals surface area contributed by atoms with E-state index in [9.17, 15) is 0 Å². The Morgan fingerprint density at radius 1 is 1.31 bits per heavy atom. The van der Waals surface area contributed by atoms with Crippen molar-refractivity contribution in [3.05, 3.63) is 34.9 Å². The lowest BCUT2D eigenvalue weighted by Gasteiger charge is -2.07. The largest absolute Gasteiger partial charge is 0.312 e. The molecule has 0 radical (unpaired) electrons. The van der Waals surface area contributed by atoms with Gasteiger partial charge in [0, 0.05) is 6.54 Å². The summed E-state index contributed by atoms with van der Waals surface area (Å²) in [7, 11) is 0. The smallest absolute Gasteiger partial charge is 0.0208 e. The highest BCUT2D eigenvalue weighted by Crippen LogP contribution is 2.18. The van der Waals surface area contributed by atoms with Crippen molar-refractivity contribution in [2.75, 3.05) is 6.54 Å². The molecule has 1 aliphatic rings. The first-order valence-electron chi connectivity index (χ1n) is 5.05. The lowest BCUT2D eigenvalue weighted by atomic mass is 9.97. The highest BCUT2D eigenvalue weighted by atomic mass is 14.9. The maximum Gasteiger partial charge on any atom is 0.0208 e. The molecule has 13 heavy (non-hydrogen) atoms. The third kappa shape index (κ3) is 1.92. The van der Waals surface area contributed by atoms with Crippen molar-refractivity contribution in [3.8, 4) is 0 Å². The van der Waals surface area contributed by atoms with Crippen LogP contribution < -0.4 is 5.32 Å². The summed E-state index contributed by atoms with van der Waals surface area (Å²) >= 11 is 0. The third-order valence-corrected chi connectivity index (χ3v) is 2.74. The van der Waals surface area contributed by atoms with E-state index in [0.29, 0.717) is 0 Å². The molecular formula is C12H17N. The predicted molar refractivity (Wildman–Crippen MR) is 55.8 cm³/mol. The van der Waals surface area contributed by atoms with Crippen LogP contribution in [-0.2, 0) is 13.0 Å². The standard InChI is InChI=1S/C12H17N/c1-9-3-4-11-6-10(2)7-13-8-12(11)5-9/h3-5,10,13H,6-8H2,1-2H3. The third-order valence-electron chi connectivity index (χ3n) is 2.74. The predicted octanol–water partition coefficient (Wildman–Crippen LogP) is 2.28. The van der Waals surface area contributed by atoms with Gasteiger partial charge in [-0.3, -0.25) is 0 Å². The molecule has 70 valence electrons. The van der Waals surface area contributed by atoms with Crippen molar-refractivity contribution in [1.82, 2.24) is 5.32 Å². The van der Waals surface area contributed by atoms with Crippen LogP contribution in [0.4, 0.5) is 0 Å². The van der Waals surface area contributed by atoms with Gasteiger partial charge in [0.15, 0.2) is 0 Å². The molecule has 1 atom stereocenters. The molecule has 1 aliphatic heterocycles. The molecule has 0 aromatic heterocycles. The van der Waals surface area contributed by atoms with Gasteiger partial charge in [-0.1, -0.05) is 30.7 Å². The fraction of sp³-hybridized carbons (Fsp3) is 0.500. The van der Waals surface area contributed by atoms with E-state index >= 15 is 0 Å². The fourth-order valence-corrected chi connectivity index (χ4v) is 2.02. The zero-order chi connectivity index (χ0) is 9.26. The fourth-order valence-electron chi connectivity index (χ4n) is 2.02. The van der Waals surface area contributed by atoms with Crippen molar-refractivity contribution in [2.45, 2.75) is 26.8 Å². The van der Waals surface area contributed by atoms with Gasteiger partial charge in [-0.05, 0) is 36.9 Å². The molecule has 0 amide bonds. The van der Waals surface area contributed by atoms with Crippen LogP contribution >= 0.6 is 0 Å². The first kappa shape index (κ1) is 8.76. The molecule has 1 heterocycles. The van der Waals surface area contributed by atoms with Crippen molar-refractivity contribution in [3.63, 3.8) is 0 Å². The second-order valence-electron chi connectivity index (χ2n) is 4.21. The highest BCUT2D eigenvalue weighted by molar-refractivity contribution is 5.32. The molecule has 0 saturated heterocycles.